The zero-order valence-electron chi connectivity index (χ0n) is 11.3. The second-order valence-corrected chi connectivity index (χ2v) is 4.95. The molecule has 0 aliphatic carbocycles. The van der Waals surface area contributed by atoms with Crippen molar-refractivity contribution in [2.24, 2.45) is 10.9 Å². The third kappa shape index (κ3) is 4.38. The number of benzene rings is 2. The van der Waals surface area contributed by atoms with E-state index in [0.29, 0.717) is 21.4 Å². The van der Waals surface area contributed by atoms with Crippen LogP contribution in [-0.4, -0.2) is 18.4 Å². The van der Waals surface area contributed by atoms with Gasteiger partial charge in [0.05, 0.1) is 10.0 Å². The number of hydrogen-bond acceptors (Lipinski definition) is 4. The van der Waals surface area contributed by atoms with E-state index in [1.54, 1.807) is 48.5 Å². The molecule has 22 heavy (non-hydrogen) atoms. The van der Waals surface area contributed by atoms with Crippen molar-refractivity contribution in [1.82, 2.24) is 0 Å². The van der Waals surface area contributed by atoms with Gasteiger partial charge in [-0.25, -0.2) is 4.79 Å². The van der Waals surface area contributed by atoms with Crippen LogP contribution in [0.1, 0.15) is 5.56 Å². The van der Waals surface area contributed by atoms with Crippen LogP contribution in [0.3, 0.4) is 0 Å². The maximum atomic E-state index is 11.6. The van der Waals surface area contributed by atoms with Crippen molar-refractivity contribution >= 4 is 35.0 Å². The molecular weight excluding hydrogens is 327 g/mol. The highest BCUT2D eigenvalue weighted by molar-refractivity contribution is 6.34. The van der Waals surface area contributed by atoms with Crippen molar-refractivity contribution in [2.45, 2.75) is 0 Å². The molecular formula is C15H12Cl2N2O3. The number of para-hydroxylation sites is 1. The van der Waals surface area contributed by atoms with E-state index in [1.807, 2.05) is 0 Å². The largest absolute Gasteiger partial charge is 0.480 e. The van der Waals surface area contributed by atoms with Gasteiger partial charge in [0.25, 0.3) is 0 Å². The molecule has 0 heterocycles. The lowest BCUT2D eigenvalue weighted by atomic mass is 10.2. The summed E-state index contributed by atoms with van der Waals surface area (Å²) in [4.78, 5) is 16.2. The standard InChI is InChI=1S/C15H12Cl2N2O3/c16-11-6-2-1-5-10(11)15(18)19-22-14(20)9-21-13-8-4-3-7-12(13)17/h1-8H,9H2,(H2,18,19). The van der Waals surface area contributed by atoms with Crippen LogP contribution in [-0.2, 0) is 9.63 Å². The van der Waals surface area contributed by atoms with E-state index in [0.717, 1.165) is 0 Å². The Kier molecular flexibility index (Phi) is 5.63. The van der Waals surface area contributed by atoms with Crippen LogP contribution in [0.5, 0.6) is 5.75 Å². The molecule has 2 rings (SSSR count). The van der Waals surface area contributed by atoms with E-state index >= 15 is 0 Å². The molecule has 0 saturated heterocycles. The Bertz CT molecular complexity index is 705. The monoisotopic (exact) mass is 338 g/mol. The Morgan fingerprint density at radius 3 is 2.36 bits per heavy atom. The summed E-state index contributed by atoms with van der Waals surface area (Å²) in [6, 6.07) is 13.6. The van der Waals surface area contributed by atoms with Crippen LogP contribution >= 0.6 is 23.2 Å². The summed E-state index contributed by atoms with van der Waals surface area (Å²) in [5.41, 5.74) is 6.18. The van der Waals surface area contributed by atoms with Gasteiger partial charge in [-0.2, -0.15) is 0 Å². The highest BCUT2D eigenvalue weighted by Crippen LogP contribution is 2.22. The number of nitrogens with zero attached hydrogens (tertiary/aromatic N) is 1. The lowest BCUT2D eigenvalue weighted by Crippen LogP contribution is -2.18. The smallest absolute Gasteiger partial charge is 0.372 e. The number of carbonyl (C=O) groups excluding carboxylic acids is 1. The highest BCUT2D eigenvalue weighted by atomic mass is 35.5. The fourth-order valence-electron chi connectivity index (χ4n) is 1.54. The zero-order chi connectivity index (χ0) is 15.9. The summed E-state index contributed by atoms with van der Waals surface area (Å²) >= 11 is 11.8. The highest BCUT2D eigenvalue weighted by Gasteiger charge is 2.09. The SMILES string of the molecule is N/C(=N/OC(=O)COc1ccccc1Cl)c1ccccc1Cl. The number of oxime groups is 1. The molecule has 5 nitrogen and oxygen atoms in total. The average Bonchev–Trinajstić information content (AvgIpc) is 2.52. The molecule has 2 aromatic carbocycles. The van der Waals surface area contributed by atoms with Gasteiger partial charge < -0.3 is 15.3 Å². The van der Waals surface area contributed by atoms with Crippen LogP contribution in [0, 0.1) is 0 Å². The maximum Gasteiger partial charge on any atom is 0.372 e. The molecule has 0 atom stereocenters. The topological polar surface area (TPSA) is 73.9 Å². The fourth-order valence-corrected chi connectivity index (χ4v) is 1.97. The van der Waals surface area contributed by atoms with Crippen molar-refractivity contribution in [1.29, 1.82) is 0 Å². The summed E-state index contributed by atoms with van der Waals surface area (Å²) in [6.07, 6.45) is 0. The van der Waals surface area contributed by atoms with Crippen LogP contribution in [0.25, 0.3) is 0 Å². The maximum absolute atomic E-state index is 11.6. The van der Waals surface area contributed by atoms with Gasteiger partial charge in [-0.1, -0.05) is 52.6 Å². The molecule has 0 radical (unpaired) electrons. The molecule has 0 saturated carbocycles. The second kappa shape index (κ2) is 7.68. The normalized spacial score (nSPS) is 11.1. The first-order chi connectivity index (χ1) is 10.6. The van der Waals surface area contributed by atoms with Crippen LogP contribution < -0.4 is 10.5 Å². The molecule has 114 valence electrons. The molecule has 2 N–H and O–H groups in total. The van der Waals surface area contributed by atoms with Gasteiger partial charge in [0.1, 0.15) is 5.75 Å². The summed E-state index contributed by atoms with van der Waals surface area (Å²) in [5.74, 6) is -0.337. The third-order valence-corrected chi connectivity index (χ3v) is 3.22. The summed E-state index contributed by atoms with van der Waals surface area (Å²) < 4.78 is 5.22. The predicted octanol–water partition coefficient (Wildman–Crippen LogP) is 3.24. The van der Waals surface area contributed by atoms with Gasteiger partial charge >= 0.3 is 5.97 Å². The number of rotatable bonds is 5. The van der Waals surface area contributed by atoms with Crippen molar-refractivity contribution < 1.29 is 14.4 Å². The Hall–Kier alpha value is -2.24. The minimum Gasteiger partial charge on any atom is -0.480 e. The van der Waals surface area contributed by atoms with Gasteiger partial charge in [0.15, 0.2) is 12.4 Å². The Labute approximate surface area is 137 Å². The van der Waals surface area contributed by atoms with Crippen LogP contribution in [0.4, 0.5) is 0 Å². The molecule has 0 aromatic heterocycles. The third-order valence-electron chi connectivity index (χ3n) is 2.58. The fraction of sp³-hybridized carbons (Fsp3) is 0.0667. The summed E-state index contributed by atoms with van der Waals surface area (Å²) in [7, 11) is 0. The van der Waals surface area contributed by atoms with Crippen molar-refractivity contribution in [3.63, 3.8) is 0 Å². The number of ether oxygens (including phenoxy) is 1. The van der Waals surface area contributed by atoms with Crippen molar-refractivity contribution in [3.8, 4) is 5.75 Å². The molecule has 0 aliphatic heterocycles. The van der Waals surface area contributed by atoms with E-state index < -0.39 is 5.97 Å². The molecule has 7 heteroatoms. The second-order valence-electron chi connectivity index (χ2n) is 4.14. The molecule has 0 bridgehead atoms. The first-order valence-corrected chi connectivity index (χ1v) is 6.99. The molecule has 0 spiro atoms. The zero-order valence-corrected chi connectivity index (χ0v) is 12.8. The number of hydrogen-bond donors (Lipinski definition) is 1. The lowest BCUT2D eigenvalue weighted by Gasteiger charge is -2.06. The lowest BCUT2D eigenvalue weighted by molar-refractivity contribution is -0.146. The van der Waals surface area contributed by atoms with E-state index in [4.69, 9.17) is 33.7 Å². The predicted molar refractivity (Wildman–Crippen MR) is 85.2 cm³/mol. The average molecular weight is 339 g/mol. The minimum absolute atomic E-state index is 0.00306. The quantitative estimate of drug-likeness (QED) is 0.393. The molecule has 2 aromatic rings. The Balaban J connectivity index is 1.91. The van der Waals surface area contributed by atoms with E-state index in [9.17, 15) is 4.79 Å². The van der Waals surface area contributed by atoms with Gasteiger partial charge in [0, 0.05) is 5.56 Å². The first-order valence-electron chi connectivity index (χ1n) is 6.23. The van der Waals surface area contributed by atoms with Crippen molar-refractivity contribution in [3.05, 3.63) is 64.1 Å². The van der Waals surface area contributed by atoms with Crippen molar-refractivity contribution in [2.75, 3.05) is 6.61 Å². The summed E-state index contributed by atoms with van der Waals surface area (Å²) in [6.45, 7) is -0.344. The Morgan fingerprint density at radius 2 is 1.68 bits per heavy atom. The molecule has 0 unspecified atom stereocenters. The minimum atomic E-state index is -0.713. The Morgan fingerprint density at radius 1 is 1.05 bits per heavy atom. The molecule has 0 fully saturated rings. The van der Waals surface area contributed by atoms with Gasteiger partial charge in [-0.05, 0) is 24.3 Å². The van der Waals surface area contributed by atoms with Gasteiger partial charge in [-0.15, -0.1) is 0 Å². The van der Waals surface area contributed by atoms with E-state index in [-0.39, 0.29) is 12.4 Å². The molecule has 0 amide bonds. The number of carbonyl (C=O) groups is 1. The number of amidine groups is 1. The summed E-state index contributed by atoms with van der Waals surface area (Å²) in [5, 5.41) is 4.34. The van der Waals surface area contributed by atoms with E-state index in [1.165, 1.54) is 0 Å². The van der Waals surface area contributed by atoms with Gasteiger partial charge in [-0.3, -0.25) is 0 Å². The molecule has 0 aliphatic rings. The van der Waals surface area contributed by atoms with Gasteiger partial charge in [0.2, 0.25) is 0 Å². The first kappa shape index (κ1) is 16.1. The van der Waals surface area contributed by atoms with E-state index in [2.05, 4.69) is 9.99 Å². The number of nitrogens with two attached hydrogens (primary N) is 1. The van der Waals surface area contributed by atoms with Crippen LogP contribution in [0.15, 0.2) is 53.7 Å². The number of halogens is 2. The van der Waals surface area contributed by atoms with Crippen LogP contribution in [0.2, 0.25) is 10.0 Å².